The van der Waals surface area contributed by atoms with Crippen molar-refractivity contribution in [3.05, 3.63) is 66.5 Å². The lowest BCUT2D eigenvalue weighted by molar-refractivity contribution is 0.554. The van der Waals surface area contributed by atoms with E-state index in [2.05, 4.69) is 53.1 Å². The van der Waals surface area contributed by atoms with Crippen molar-refractivity contribution < 1.29 is 8.78 Å². The molecule has 2 rings (SSSR count). The minimum Gasteiger partial charge on any atom is -0.309 e. The summed E-state index contributed by atoms with van der Waals surface area (Å²) in [6, 6.07) is 7.48. The molecule has 0 heterocycles. The van der Waals surface area contributed by atoms with Crippen LogP contribution in [0.15, 0.2) is 43.7 Å². The molecule has 1 unspecified atom stereocenters. The third-order valence-electron chi connectivity index (χ3n) is 2.91. The van der Waals surface area contributed by atoms with Crippen molar-refractivity contribution >= 4 is 47.8 Å². The van der Waals surface area contributed by atoms with Crippen LogP contribution in [0.4, 0.5) is 8.78 Å². The predicted molar refractivity (Wildman–Crippen MR) is 86.8 cm³/mol. The summed E-state index contributed by atoms with van der Waals surface area (Å²) in [7, 11) is 1.71. The lowest BCUT2D eigenvalue weighted by Gasteiger charge is -2.20. The van der Waals surface area contributed by atoms with E-state index in [9.17, 15) is 8.78 Å². The molecule has 106 valence electrons. The van der Waals surface area contributed by atoms with Crippen LogP contribution in [0.2, 0.25) is 0 Å². The summed E-state index contributed by atoms with van der Waals surface area (Å²) in [5.41, 5.74) is 1.09. The largest absolute Gasteiger partial charge is 0.309 e. The van der Waals surface area contributed by atoms with E-state index in [1.807, 2.05) is 18.2 Å². The van der Waals surface area contributed by atoms with Crippen molar-refractivity contribution in [3.8, 4) is 0 Å². The zero-order chi connectivity index (χ0) is 14.9. The van der Waals surface area contributed by atoms with E-state index < -0.39 is 17.7 Å². The zero-order valence-electron chi connectivity index (χ0n) is 10.4. The topological polar surface area (TPSA) is 12.0 Å². The third kappa shape index (κ3) is 3.30. The molecule has 0 aliphatic heterocycles. The first-order valence-corrected chi connectivity index (χ1v) is 8.08. The van der Waals surface area contributed by atoms with Crippen LogP contribution in [-0.2, 0) is 0 Å². The Morgan fingerprint density at radius 1 is 0.900 bits per heavy atom. The number of halogens is 5. The van der Waals surface area contributed by atoms with Gasteiger partial charge in [-0.1, -0.05) is 37.9 Å². The van der Waals surface area contributed by atoms with Gasteiger partial charge in [0.25, 0.3) is 0 Å². The lowest BCUT2D eigenvalue weighted by Crippen LogP contribution is -2.19. The van der Waals surface area contributed by atoms with Gasteiger partial charge < -0.3 is 5.32 Å². The highest BCUT2D eigenvalue weighted by molar-refractivity contribution is 9.11. The Morgan fingerprint density at radius 2 is 1.60 bits per heavy atom. The van der Waals surface area contributed by atoms with Gasteiger partial charge in [-0.2, -0.15) is 0 Å². The molecule has 0 saturated heterocycles. The second-order valence-electron chi connectivity index (χ2n) is 4.18. The SMILES string of the molecule is CNC(c1cc(F)c(Br)cc1F)c1ccc(Br)cc1Br. The van der Waals surface area contributed by atoms with Gasteiger partial charge in [0.05, 0.1) is 10.5 Å². The first-order chi connectivity index (χ1) is 9.43. The summed E-state index contributed by atoms with van der Waals surface area (Å²) in [6.07, 6.45) is 0. The highest BCUT2D eigenvalue weighted by atomic mass is 79.9. The van der Waals surface area contributed by atoms with E-state index in [-0.39, 0.29) is 10.0 Å². The molecular weight excluding hydrogens is 460 g/mol. The fraction of sp³-hybridized carbons (Fsp3) is 0.143. The van der Waals surface area contributed by atoms with Crippen molar-refractivity contribution in [2.75, 3.05) is 7.05 Å². The third-order valence-corrected chi connectivity index (χ3v) is 4.70. The molecule has 0 aromatic heterocycles. The van der Waals surface area contributed by atoms with Crippen molar-refractivity contribution in [2.24, 2.45) is 0 Å². The molecule has 6 heteroatoms. The zero-order valence-corrected chi connectivity index (χ0v) is 15.1. The number of hydrogen-bond donors (Lipinski definition) is 1. The maximum atomic E-state index is 14.1. The molecule has 0 saturated carbocycles. The number of nitrogens with one attached hydrogen (secondary N) is 1. The van der Waals surface area contributed by atoms with Gasteiger partial charge in [-0.25, -0.2) is 8.78 Å². The number of benzene rings is 2. The van der Waals surface area contributed by atoms with Crippen molar-refractivity contribution in [3.63, 3.8) is 0 Å². The van der Waals surface area contributed by atoms with Crippen LogP contribution in [-0.4, -0.2) is 7.05 Å². The van der Waals surface area contributed by atoms with Crippen molar-refractivity contribution in [1.29, 1.82) is 0 Å². The predicted octanol–water partition coefficient (Wildman–Crippen LogP) is 5.56. The Kier molecular flexibility index (Phi) is 5.34. The van der Waals surface area contributed by atoms with E-state index >= 15 is 0 Å². The normalized spacial score (nSPS) is 12.5. The van der Waals surface area contributed by atoms with Crippen molar-refractivity contribution in [1.82, 2.24) is 5.32 Å². The summed E-state index contributed by atoms with van der Waals surface area (Å²) in [5, 5.41) is 3.02. The van der Waals surface area contributed by atoms with Crippen molar-refractivity contribution in [2.45, 2.75) is 6.04 Å². The molecule has 0 aliphatic carbocycles. The summed E-state index contributed by atoms with van der Waals surface area (Å²) in [5.74, 6) is -0.956. The standard InChI is InChI=1S/C14H10Br3F2N/c1-20-14(8-3-2-7(15)4-10(8)16)9-5-13(19)11(17)6-12(9)18/h2-6,14,20H,1H3. The Hall–Kier alpha value is -0.300. The number of hydrogen-bond acceptors (Lipinski definition) is 1. The summed E-state index contributed by atoms with van der Waals surface area (Å²) in [6.45, 7) is 0. The maximum absolute atomic E-state index is 14.1. The molecule has 1 N–H and O–H groups in total. The monoisotopic (exact) mass is 467 g/mol. The molecule has 0 amide bonds. The molecule has 1 atom stereocenters. The molecular formula is C14H10Br3F2N. The molecule has 0 spiro atoms. The molecule has 2 aromatic carbocycles. The van der Waals surface area contributed by atoms with Gasteiger partial charge in [0, 0.05) is 14.5 Å². The Balaban J connectivity index is 2.55. The first-order valence-electron chi connectivity index (χ1n) is 5.70. The van der Waals surface area contributed by atoms with Gasteiger partial charge in [0.2, 0.25) is 0 Å². The van der Waals surface area contributed by atoms with Crippen LogP contribution in [0, 0.1) is 11.6 Å². The average molecular weight is 470 g/mol. The first kappa shape index (κ1) is 16.1. The highest BCUT2D eigenvalue weighted by Crippen LogP contribution is 2.33. The highest BCUT2D eigenvalue weighted by Gasteiger charge is 2.20. The van der Waals surface area contributed by atoms with E-state index in [0.717, 1.165) is 20.6 Å². The van der Waals surface area contributed by atoms with Gasteiger partial charge in [0.1, 0.15) is 11.6 Å². The van der Waals surface area contributed by atoms with Crippen LogP contribution in [0.1, 0.15) is 17.2 Å². The van der Waals surface area contributed by atoms with Gasteiger partial charge in [-0.3, -0.25) is 0 Å². The van der Waals surface area contributed by atoms with E-state index in [1.165, 1.54) is 6.07 Å². The molecule has 0 radical (unpaired) electrons. The Labute approximate surface area is 141 Å². The van der Waals surface area contributed by atoms with Crippen LogP contribution in [0.25, 0.3) is 0 Å². The van der Waals surface area contributed by atoms with Crippen LogP contribution in [0.5, 0.6) is 0 Å². The van der Waals surface area contributed by atoms with Gasteiger partial charge in [-0.05, 0) is 52.8 Å². The fourth-order valence-electron chi connectivity index (χ4n) is 1.97. The second-order valence-corrected chi connectivity index (χ2v) is 6.80. The summed E-state index contributed by atoms with van der Waals surface area (Å²) in [4.78, 5) is 0. The molecule has 0 fully saturated rings. The molecule has 20 heavy (non-hydrogen) atoms. The van der Waals surface area contributed by atoms with Crippen LogP contribution in [0.3, 0.4) is 0 Å². The molecule has 1 nitrogen and oxygen atoms in total. The summed E-state index contributed by atoms with van der Waals surface area (Å²) < 4.78 is 29.6. The summed E-state index contributed by atoms with van der Waals surface area (Å²) >= 11 is 9.80. The smallest absolute Gasteiger partial charge is 0.137 e. The maximum Gasteiger partial charge on any atom is 0.137 e. The molecule has 2 aromatic rings. The average Bonchev–Trinajstić information content (AvgIpc) is 2.38. The number of rotatable bonds is 3. The van der Waals surface area contributed by atoms with Crippen LogP contribution >= 0.6 is 47.8 Å². The fourth-order valence-corrected chi connectivity index (χ4v) is 3.56. The second kappa shape index (κ2) is 6.64. The minimum absolute atomic E-state index is 0.114. The molecule has 0 aliphatic rings. The van der Waals surface area contributed by atoms with E-state index in [4.69, 9.17) is 0 Å². The minimum atomic E-state index is -0.491. The Bertz CT molecular complexity index is 647. The van der Waals surface area contributed by atoms with Gasteiger partial charge in [0.15, 0.2) is 0 Å². The van der Waals surface area contributed by atoms with Gasteiger partial charge in [-0.15, -0.1) is 0 Å². The lowest BCUT2D eigenvalue weighted by atomic mass is 9.98. The van der Waals surface area contributed by atoms with E-state index in [0.29, 0.717) is 0 Å². The Morgan fingerprint density at radius 3 is 2.20 bits per heavy atom. The van der Waals surface area contributed by atoms with Gasteiger partial charge >= 0.3 is 0 Å². The van der Waals surface area contributed by atoms with E-state index in [1.54, 1.807) is 7.05 Å². The quantitative estimate of drug-likeness (QED) is 0.580. The molecule has 0 bridgehead atoms. The van der Waals surface area contributed by atoms with Crippen LogP contribution < -0.4 is 5.32 Å².